The normalized spacial score (nSPS) is 28.1. The first-order valence-electron chi connectivity index (χ1n) is 5.11. The Kier molecular flexibility index (Phi) is 4.40. The molecule has 2 unspecified atom stereocenters. The lowest BCUT2D eigenvalue weighted by Gasteiger charge is -2.20. The summed E-state index contributed by atoms with van der Waals surface area (Å²) < 4.78 is 40.6. The first-order valence-corrected chi connectivity index (χ1v) is 5.11. The summed E-state index contributed by atoms with van der Waals surface area (Å²) in [5, 5.41) is 8.80. The number of halogens is 3. The van der Waals surface area contributed by atoms with Gasteiger partial charge < -0.3 is 4.74 Å². The molecule has 1 saturated carbocycles. The minimum absolute atomic E-state index is 0.380. The van der Waals surface area contributed by atoms with E-state index in [1.165, 1.54) is 0 Å². The van der Waals surface area contributed by atoms with Gasteiger partial charge in [-0.2, -0.15) is 18.4 Å². The molecule has 1 rings (SSSR count). The van der Waals surface area contributed by atoms with E-state index in [0.29, 0.717) is 12.8 Å². The van der Waals surface area contributed by atoms with Gasteiger partial charge in [-0.1, -0.05) is 19.3 Å². The zero-order chi connectivity index (χ0) is 11.3. The Bertz CT molecular complexity index is 234. The van der Waals surface area contributed by atoms with Crippen LogP contribution < -0.4 is 0 Å². The Morgan fingerprint density at radius 3 is 2.47 bits per heavy atom. The van der Waals surface area contributed by atoms with Crippen LogP contribution in [0.25, 0.3) is 0 Å². The quantitative estimate of drug-likeness (QED) is 0.671. The molecule has 0 spiro atoms. The van der Waals surface area contributed by atoms with Gasteiger partial charge in [0.25, 0.3) is 0 Å². The molecule has 0 amide bonds. The minimum atomic E-state index is -4.30. The van der Waals surface area contributed by atoms with Gasteiger partial charge in [-0.25, -0.2) is 0 Å². The molecule has 0 heterocycles. The van der Waals surface area contributed by atoms with Crippen molar-refractivity contribution in [2.24, 2.45) is 5.92 Å². The van der Waals surface area contributed by atoms with Gasteiger partial charge >= 0.3 is 6.18 Å². The third-order valence-electron chi connectivity index (χ3n) is 2.58. The summed E-state index contributed by atoms with van der Waals surface area (Å²) in [5.41, 5.74) is 0. The Morgan fingerprint density at radius 2 is 1.87 bits per heavy atom. The first kappa shape index (κ1) is 12.3. The van der Waals surface area contributed by atoms with Gasteiger partial charge in [0.15, 0.2) is 0 Å². The molecule has 0 bridgehead atoms. The van der Waals surface area contributed by atoms with E-state index >= 15 is 0 Å². The average molecular weight is 221 g/mol. The Labute approximate surface area is 87.0 Å². The zero-order valence-electron chi connectivity index (χ0n) is 8.39. The number of rotatable bonds is 2. The summed E-state index contributed by atoms with van der Waals surface area (Å²) in [6.07, 6.45) is -0.895. The molecule has 1 fully saturated rings. The molecule has 0 aliphatic heterocycles. The lowest BCUT2D eigenvalue weighted by atomic mass is 9.99. The summed E-state index contributed by atoms with van der Waals surface area (Å²) in [7, 11) is 0. The average Bonchev–Trinajstić information content (AvgIpc) is 2.37. The van der Waals surface area contributed by atoms with Crippen molar-refractivity contribution in [3.63, 3.8) is 0 Å². The predicted molar refractivity (Wildman–Crippen MR) is 48.0 cm³/mol. The van der Waals surface area contributed by atoms with Crippen LogP contribution in [0.1, 0.15) is 32.1 Å². The SMILES string of the molecule is N#CC1CCCCCC1OCC(F)(F)F. The van der Waals surface area contributed by atoms with Crippen molar-refractivity contribution in [1.29, 1.82) is 5.26 Å². The van der Waals surface area contributed by atoms with Crippen molar-refractivity contribution in [3.8, 4) is 6.07 Å². The van der Waals surface area contributed by atoms with Crippen LogP contribution in [0.2, 0.25) is 0 Å². The van der Waals surface area contributed by atoms with Crippen LogP contribution in [0, 0.1) is 17.2 Å². The summed E-state index contributed by atoms with van der Waals surface area (Å²) >= 11 is 0. The molecular weight excluding hydrogens is 207 g/mol. The molecule has 5 heteroatoms. The van der Waals surface area contributed by atoms with Gasteiger partial charge in [0.2, 0.25) is 0 Å². The lowest BCUT2D eigenvalue weighted by molar-refractivity contribution is -0.189. The summed E-state index contributed by atoms with van der Waals surface area (Å²) in [4.78, 5) is 0. The monoisotopic (exact) mass is 221 g/mol. The predicted octanol–water partition coefficient (Wildman–Crippen LogP) is 3.04. The molecule has 2 atom stereocenters. The largest absolute Gasteiger partial charge is 0.411 e. The van der Waals surface area contributed by atoms with Crippen LogP contribution in [0.5, 0.6) is 0 Å². The Balaban J connectivity index is 2.46. The van der Waals surface area contributed by atoms with Gasteiger partial charge in [0.1, 0.15) is 6.61 Å². The van der Waals surface area contributed by atoms with Crippen LogP contribution in [0.4, 0.5) is 13.2 Å². The number of nitrogens with zero attached hydrogens (tertiary/aromatic N) is 1. The molecule has 86 valence electrons. The van der Waals surface area contributed by atoms with Crippen LogP contribution in [-0.2, 0) is 4.74 Å². The van der Waals surface area contributed by atoms with E-state index in [0.717, 1.165) is 19.3 Å². The van der Waals surface area contributed by atoms with Crippen molar-refractivity contribution in [2.45, 2.75) is 44.4 Å². The van der Waals surface area contributed by atoms with Gasteiger partial charge in [0.05, 0.1) is 18.1 Å². The smallest absolute Gasteiger partial charge is 0.367 e. The molecule has 1 aliphatic carbocycles. The number of hydrogen-bond donors (Lipinski definition) is 0. The minimum Gasteiger partial charge on any atom is -0.367 e. The molecule has 2 nitrogen and oxygen atoms in total. The highest BCUT2D eigenvalue weighted by molar-refractivity contribution is 4.90. The van der Waals surface area contributed by atoms with E-state index in [9.17, 15) is 13.2 Å². The van der Waals surface area contributed by atoms with Crippen LogP contribution in [0.3, 0.4) is 0 Å². The summed E-state index contributed by atoms with van der Waals surface area (Å²) in [6, 6.07) is 2.04. The Morgan fingerprint density at radius 1 is 1.20 bits per heavy atom. The third kappa shape index (κ3) is 4.52. The van der Waals surface area contributed by atoms with Crippen LogP contribution in [0.15, 0.2) is 0 Å². The fourth-order valence-electron chi connectivity index (χ4n) is 1.82. The maximum absolute atomic E-state index is 11.9. The van der Waals surface area contributed by atoms with Gasteiger partial charge in [-0.05, 0) is 12.8 Å². The fraction of sp³-hybridized carbons (Fsp3) is 0.900. The third-order valence-corrected chi connectivity index (χ3v) is 2.58. The van der Waals surface area contributed by atoms with Crippen LogP contribution >= 0.6 is 0 Å². The summed E-state index contributed by atoms with van der Waals surface area (Å²) in [5.74, 6) is -0.380. The molecule has 0 N–H and O–H groups in total. The van der Waals surface area contributed by atoms with Crippen molar-refractivity contribution in [2.75, 3.05) is 6.61 Å². The molecule has 0 aromatic carbocycles. The highest BCUT2D eigenvalue weighted by Gasteiger charge is 2.32. The second-order valence-corrected chi connectivity index (χ2v) is 3.84. The number of ether oxygens (including phenoxy) is 1. The fourth-order valence-corrected chi connectivity index (χ4v) is 1.82. The van der Waals surface area contributed by atoms with Crippen LogP contribution in [-0.4, -0.2) is 18.9 Å². The molecule has 0 radical (unpaired) electrons. The van der Waals surface area contributed by atoms with Gasteiger partial charge in [0, 0.05) is 0 Å². The molecular formula is C10H14F3NO. The van der Waals surface area contributed by atoms with E-state index in [1.54, 1.807) is 0 Å². The molecule has 15 heavy (non-hydrogen) atoms. The standard InChI is InChI=1S/C10H14F3NO/c11-10(12,13)7-15-9-5-3-1-2-4-8(9)6-14/h8-9H,1-5,7H2. The first-order chi connectivity index (χ1) is 7.03. The van der Waals surface area contributed by atoms with E-state index in [1.807, 2.05) is 6.07 Å². The number of hydrogen-bond acceptors (Lipinski definition) is 2. The molecule has 0 saturated heterocycles. The van der Waals surface area contributed by atoms with Crippen molar-refractivity contribution < 1.29 is 17.9 Å². The lowest BCUT2D eigenvalue weighted by Crippen LogP contribution is -2.28. The van der Waals surface area contributed by atoms with Crippen molar-refractivity contribution in [3.05, 3.63) is 0 Å². The summed E-state index contributed by atoms with van der Waals surface area (Å²) in [6.45, 7) is -1.24. The maximum atomic E-state index is 11.9. The number of nitriles is 1. The second-order valence-electron chi connectivity index (χ2n) is 3.84. The van der Waals surface area contributed by atoms with Crippen molar-refractivity contribution in [1.82, 2.24) is 0 Å². The van der Waals surface area contributed by atoms with Gasteiger partial charge in [-0.3, -0.25) is 0 Å². The van der Waals surface area contributed by atoms with Crippen molar-refractivity contribution >= 4 is 0 Å². The second kappa shape index (κ2) is 5.36. The van der Waals surface area contributed by atoms with E-state index in [-0.39, 0.29) is 5.92 Å². The van der Waals surface area contributed by atoms with E-state index < -0.39 is 18.9 Å². The van der Waals surface area contributed by atoms with Gasteiger partial charge in [-0.15, -0.1) is 0 Å². The highest BCUT2D eigenvalue weighted by atomic mass is 19.4. The zero-order valence-corrected chi connectivity index (χ0v) is 8.39. The van der Waals surface area contributed by atoms with E-state index in [4.69, 9.17) is 10.00 Å². The molecule has 0 aromatic rings. The van der Waals surface area contributed by atoms with E-state index in [2.05, 4.69) is 0 Å². The molecule has 1 aliphatic rings. The highest BCUT2D eigenvalue weighted by Crippen LogP contribution is 2.27. The topological polar surface area (TPSA) is 33.0 Å². The maximum Gasteiger partial charge on any atom is 0.411 e. The number of alkyl halides is 3. The molecule has 0 aromatic heterocycles. The Hall–Kier alpha value is -0.760.